The van der Waals surface area contributed by atoms with Gasteiger partial charge in [0.25, 0.3) is 0 Å². The monoisotopic (exact) mass is 207 g/mol. The zero-order chi connectivity index (χ0) is 10.9. The minimum absolute atomic E-state index is 0.0186. The highest BCUT2D eigenvalue weighted by Gasteiger charge is 2.30. The van der Waals surface area contributed by atoms with E-state index < -0.39 is 12.7 Å². The van der Waals surface area contributed by atoms with Crippen molar-refractivity contribution >= 4 is 0 Å². The van der Waals surface area contributed by atoms with Crippen LogP contribution in [-0.4, -0.2) is 15.7 Å². The Bertz CT molecular complexity index is 327. The van der Waals surface area contributed by atoms with Crippen LogP contribution in [0.5, 0.6) is 0 Å². The van der Waals surface area contributed by atoms with E-state index in [1.807, 2.05) is 0 Å². The average Bonchev–Trinajstić information content (AvgIpc) is 2.30. The molecule has 6 heteroatoms. The molecule has 1 heterocycles. The first-order valence-electron chi connectivity index (χ1n) is 4.14. The molecule has 80 valence electrons. The third-order valence-electron chi connectivity index (χ3n) is 2.06. The SMILES string of the molecule is Cc1nc(CN)n(CC(F)(F)F)c1C. The van der Waals surface area contributed by atoms with Crippen LogP contribution in [-0.2, 0) is 13.1 Å². The van der Waals surface area contributed by atoms with Crippen LogP contribution in [0, 0.1) is 13.8 Å². The second-order valence-corrected chi connectivity index (χ2v) is 3.10. The molecule has 0 spiro atoms. The van der Waals surface area contributed by atoms with Crippen LogP contribution in [0.15, 0.2) is 0 Å². The van der Waals surface area contributed by atoms with Gasteiger partial charge in [-0.25, -0.2) is 4.98 Å². The van der Waals surface area contributed by atoms with Gasteiger partial charge in [0.2, 0.25) is 0 Å². The van der Waals surface area contributed by atoms with Crippen LogP contribution >= 0.6 is 0 Å². The lowest BCUT2D eigenvalue weighted by Gasteiger charge is -2.11. The number of hydrogen-bond donors (Lipinski definition) is 1. The number of nitrogens with two attached hydrogens (primary N) is 1. The molecule has 0 atom stereocenters. The Balaban J connectivity index is 3.06. The van der Waals surface area contributed by atoms with Gasteiger partial charge < -0.3 is 10.3 Å². The van der Waals surface area contributed by atoms with E-state index in [4.69, 9.17) is 5.73 Å². The summed E-state index contributed by atoms with van der Waals surface area (Å²) in [5, 5.41) is 0. The first-order valence-corrected chi connectivity index (χ1v) is 4.14. The summed E-state index contributed by atoms with van der Waals surface area (Å²) >= 11 is 0. The Morgan fingerprint density at radius 2 is 1.93 bits per heavy atom. The predicted molar refractivity (Wildman–Crippen MR) is 45.6 cm³/mol. The van der Waals surface area contributed by atoms with Gasteiger partial charge in [-0.15, -0.1) is 0 Å². The fourth-order valence-corrected chi connectivity index (χ4v) is 1.27. The van der Waals surface area contributed by atoms with Crippen LogP contribution in [0.4, 0.5) is 13.2 Å². The summed E-state index contributed by atoms with van der Waals surface area (Å²) in [4.78, 5) is 3.95. The Morgan fingerprint density at radius 3 is 2.36 bits per heavy atom. The summed E-state index contributed by atoms with van der Waals surface area (Å²) in [6.45, 7) is 2.27. The van der Waals surface area contributed by atoms with Gasteiger partial charge in [0.15, 0.2) is 0 Å². The molecule has 0 fully saturated rings. The highest BCUT2D eigenvalue weighted by atomic mass is 19.4. The van der Waals surface area contributed by atoms with Crippen LogP contribution < -0.4 is 5.73 Å². The van der Waals surface area contributed by atoms with Gasteiger partial charge in [-0.2, -0.15) is 13.2 Å². The third kappa shape index (κ3) is 2.25. The molecule has 0 unspecified atom stereocenters. The lowest BCUT2D eigenvalue weighted by atomic mass is 10.4. The van der Waals surface area contributed by atoms with E-state index >= 15 is 0 Å². The van der Waals surface area contributed by atoms with Crippen molar-refractivity contribution < 1.29 is 13.2 Å². The molecule has 0 aliphatic heterocycles. The number of aromatic nitrogens is 2. The maximum atomic E-state index is 12.2. The molecular formula is C8H12F3N3. The lowest BCUT2D eigenvalue weighted by molar-refractivity contribution is -0.141. The molecule has 0 aliphatic rings. The van der Waals surface area contributed by atoms with Crippen LogP contribution in [0.25, 0.3) is 0 Å². The topological polar surface area (TPSA) is 43.8 Å². The number of nitrogens with zero attached hydrogens (tertiary/aromatic N) is 2. The Hall–Kier alpha value is -1.04. The van der Waals surface area contributed by atoms with Crippen molar-refractivity contribution in [2.24, 2.45) is 5.73 Å². The molecule has 0 bridgehead atoms. The van der Waals surface area contributed by atoms with Crippen molar-refractivity contribution in [1.82, 2.24) is 9.55 Å². The summed E-state index contributed by atoms with van der Waals surface area (Å²) in [5.74, 6) is 0.275. The molecule has 2 N–H and O–H groups in total. The number of halogens is 3. The molecule has 1 aromatic heterocycles. The molecule has 0 saturated carbocycles. The van der Waals surface area contributed by atoms with E-state index in [0.717, 1.165) is 4.57 Å². The van der Waals surface area contributed by atoms with E-state index in [0.29, 0.717) is 11.4 Å². The molecule has 1 rings (SSSR count). The zero-order valence-corrected chi connectivity index (χ0v) is 8.02. The zero-order valence-electron chi connectivity index (χ0n) is 8.02. The van der Waals surface area contributed by atoms with E-state index in [2.05, 4.69) is 4.98 Å². The summed E-state index contributed by atoms with van der Waals surface area (Å²) in [6, 6.07) is 0. The second-order valence-electron chi connectivity index (χ2n) is 3.10. The molecule has 0 radical (unpaired) electrons. The smallest absolute Gasteiger partial charge is 0.324 e. The molecule has 0 saturated heterocycles. The molecular weight excluding hydrogens is 195 g/mol. The Morgan fingerprint density at radius 1 is 1.36 bits per heavy atom. The number of rotatable bonds is 2. The summed E-state index contributed by atoms with van der Waals surface area (Å²) < 4.78 is 37.6. The highest BCUT2D eigenvalue weighted by Crippen LogP contribution is 2.21. The number of aryl methyl sites for hydroxylation is 1. The first-order chi connectivity index (χ1) is 6.35. The van der Waals surface area contributed by atoms with Crippen LogP contribution in [0.3, 0.4) is 0 Å². The largest absolute Gasteiger partial charge is 0.406 e. The van der Waals surface area contributed by atoms with E-state index in [1.165, 1.54) is 0 Å². The fourth-order valence-electron chi connectivity index (χ4n) is 1.27. The van der Waals surface area contributed by atoms with Crippen LogP contribution in [0.1, 0.15) is 17.2 Å². The predicted octanol–water partition coefficient (Wildman–Crippen LogP) is 1.52. The van der Waals surface area contributed by atoms with Crippen molar-refractivity contribution in [3.63, 3.8) is 0 Å². The molecule has 0 aliphatic carbocycles. The molecule has 3 nitrogen and oxygen atoms in total. The molecule has 14 heavy (non-hydrogen) atoms. The molecule has 0 amide bonds. The summed E-state index contributed by atoms with van der Waals surface area (Å²) in [6.07, 6.45) is -4.23. The fraction of sp³-hybridized carbons (Fsp3) is 0.625. The van der Waals surface area contributed by atoms with Crippen molar-refractivity contribution in [2.45, 2.75) is 33.1 Å². The van der Waals surface area contributed by atoms with Gasteiger partial charge in [0.05, 0.1) is 12.2 Å². The van der Waals surface area contributed by atoms with E-state index in [9.17, 15) is 13.2 Å². The van der Waals surface area contributed by atoms with Crippen molar-refractivity contribution in [3.8, 4) is 0 Å². The minimum Gasteiger partial charge on any atom is -0.324 e. The minimum atomic E-state index is -4.23. The lowest BCUT2D eigenvalue weighted by Crippen LogP contribution is -2.21. The van der Waals surface area contributed by atoms with Gasteiger partial charge in [-0.05, 0) is 13.8 Å². The van der Waals surface area contributed by atoms with E-state index in [1.54, 1.807) is 13.8 Å². The van der Waals surface area contributed by atoms with Gasteiger partial charge in [-0.1, -0.05) is 0 Å². The second kappa shape index (κ2) is 3.61. The van der Waals surface area contributed by atoms with Gasteiger partial charge >= 0.3 is 6.18 Å². The third-order valence-corrected chi connectivity index (χ3v) is 2.06. The van der Waals surface area contributed by atoms with Crippen LogP contribution in [0.2, 0.25) is 0 Å². The van der Waals surface area contributed by atoms with Crippen molar-refractivity contribution in [2.75, 3.05) is 0 Å². The number of hydrogen-bond acceptors (Lipinski definition) is 2. The number of alkyl halides is 3. The first kappa shape index (κ1) is 11.0. The summed E-state index contributed by atoms with van der Waals surface area (Å²) in [7, 11) is 0. The Labute approximate surface area is 79.7 Å². The van der Waals surface area contributed by atoms with Gasteiger partial charge in [0.1, 0.15) is 12.4 Å². The standard InChI is InChI=1S/C8H12F3N3/c1-5-6(2)14(4-8(9,10)11)7(3-12)13-5/h3-4,12H2,1-2H3. The van der Waals surface area contributed by atoms with Gasteiger partial charge in [-0.3, -0.25) is 0 Å². The maximum Gasteiger partial charge on any atom is 0.406 e. The maximum absolute atomic E-state index is 12.2. The molecule has 0 aromatic carbocycles. The number of imidazole rings is 1. The normalized spacial score (nSPS) is 12.1. The quantitative estimate of drug-likeness (QED) is 0.799. The summed E-state index contributed by atoms with van der Waals surface area (Å²) in [5.41, 5.74) is 6.41. The van der Waals surface area contributed by atoms with Crippen molar-refractivity contribution in [3.05, 3.63) is 17.2 Å². The van der Waals surface area contributed by atoms with Crippen molar-refractivity contribution in [1.29, 1.82) is 0 Å². The molecule has 1 aromatic rings. The Kier molecular flexibility index (Phi) is 2.84. The van der Waals surface area contributed by atoms with Gasteiger partial charge in [0, 0.05) is 5.69 Å². The average molecular weight is 207 g/mol. The van der Waals surface area contributed by atoms with E-state index in [-0.39, 0.29) is 12.4 Å². The highest BCUT2D eigenvalue weighted by molar-refractivity contribution is 5.14.